The van der Waals surface area contributed by atoms with Gasteiger partial charge in [-0.1, -0.05) is 46.3 Å². The Morgan fingerprint density at radius 1 is 1.29 bits per heavy atom. The van der Waals surface area contributed by atoms with Gasteiger partial charge < -0.3 is 4.52 Å². The van der Waals surface area contributed by atoms with Gasteiger partial charge in [-0.15, -0.1) is 10.2 Å². The van der Waals surface area contributed by atoms with Crippen LogP contribution >= 0.6 is 22.9 Å². The third-order valence-corrected chi connectivity index (χ3v) is 6.21. The van der Waals surface area contributed by atoms with Gasteiger partial charge in [0.25, 0.3) is 0 Å². The normalized spacial score (nSPS) is 15.9. The molecule has 12 heteroatoms. The molecule has 0 fully saturated rings. The number of aliphatic imine (C=N–C) groups is 2. The lowest BCUT2D eigenvalue weighted by Gasteiger charge is -2.18. The molecule has 2 heterocycles. The molecule has 1 atom stereocenters. The largest absolute Gasteiger partial charge is 0.430 e. The SMILES string of the molecule is CN=CC(C(=NC1=CCCC(Cl)=C1)C(F)(F)F)c1onc(-c2c(C)cccc2F)c1-c1nncs1. The first-order valence-electron chi connectivity index (χ1n) is 10.4. The predicted octanol–water partition coefficient (Wildman–Crippen LogP) is 6.90. The first-order chi connectivity index (χ1) is 16.7. The number of benzene rings is 1. The maximum Gasteiger partial charge on any atom is 0.430 e. The van der Waals surface area contributed by atoms with E-state index < -0.39 is 23.6 Å². The number of aryl methyl sites for hydroxylation is 1. The van der Waals surface area contributed by atoms with Gasteiger partial charge in [-0.05, 0) is 37.5 Å². The maximum atomic E-state index is 14.8. The standard InChI is InChI=1S/C23H18ClF4N5OS/c1-12-5-3-8-16(25)17(12)19-18(22-32-30-11-35-22)20(34-33-19)15(10-29-2)21(23(26,27)28)31-14-7-4-6-13(24)9-14/h3,5,7-11,15H,4,6H2,1-2H3. The first kappa shape index (κ1) is 24.9. The van der Waals surface area contributed by atoms with Crippen molar-refractivity contribution in [2.75, 3.05) is 7.05 Å². The molecule has 0 bridgehead atoms. The van der Waals surface area contributed by atoms with Crippen molar-refractivity contribution < 1.29 is 22.1 Å². The number of rotatable bonds is 6. The Hall–Kier alpha value is -3.18. The van der Waals surface area contributed by atoms with Crippen LogP contribution in [0.25, 0.3) is 21.8 Å². The van der Waals surface area contributed by atoms with Gasteiger partial charge in [-0.2, -0.15) is 13.2 Å². The first-order valence-corrected chi connectivity index (χ1v) is 11.6. The molecule has 1 aliphatic carbocycles. The summed E-state index contributed by atoms with van der Waals surface area (Å²) in [5.74, 6) is -2.43. The summed E-state index contributed by atoms with van der Waals surface area (Å²) >= 11 is 7.08. The number of hydrogen-bond acceptors (Lipinski definition) is 7. The highest BCUT2D eigenvalue weighted by atomic mass is 35.5. The molecular formula is C23H18ClF4N5OS. The van der Waals surface area contributed by atoms with Crippen molar-refractivity contribution in [2.24, 2.45) is 9.98 Å². The van der Waals surface area contributed by atoms with Crippen molar-refractivity contribution in [3.05, 3.63) is 63.7 Å². The fourth-order valence-corrected chi connectivity index (χ4v) is 4.52. The van der Waals surface area contributed by atoms with Gasteiger partial charge in [0, 0.05) is 23.9 Å². The Bertz CT molecular complexity index is 1320. The Kier molecular flexibility index (Phi) is 7.27. The summed E-state index contributed by atoms with van der Waals surface area (Å²) in [6.07, 6.45) is 0.139. The summed E-state index contributed by atoms with van der Waals surface area (Å²) < 4.78 is 63.3. The minimum absolute atomic E-state index is 0.0169. The fraction of sp³-hybridized carbons (Fsp3) is 0.261. The van der Waals surface area contributed by atoms with E-state index in [9.17, 15) is 17.6 Å². The van der Waals surface area contributed by atoms with Crippen LogP contribution in [0, 0.1) is 12.7 Å². The Balaban J connectivity index is 1.97. The molecule has 0 saturated carbocycles. The van der Waals surface area contributed by atoms with Crippen LogP contribution in [0.1, 0.15) is 30.1 Å². The van der Waals surface area contributed by atoms with Crippen LogP contribution in [0.4, 0.5) is 17.6 Å². The lowest BCUT2D eigenvalue weighted by molar-refractivity contribution is -0.0607. The van der Waals surface area contributed by atoms with Gasteiger partial charge in [0.15, 0.2) is 10.8 Å². The van der Waals surface area contributed by atoms with E-state index in [1.807, 2.05) is 0 Å². The van der Waals surface area contributed by atoms with E-state index in [0.29, 0.717) is 23.4 Å². The Morgan fingerprint density at radius 3 is 2.71 bits per heavy atom. The maximum absolute atomic E-state index is 14.8. The predicted molar refractivity (Wildman–Crippen MR) is 127 cm³/mol. The molecule has 0 amide bonds. The number of nitrogens with zero attached hydrogens (tertiary/aromatic N) is 5. The van der Waals surface area contributed by atoms with E-state index in [1.165, 1.54) is 30.8 Å². The van der Waals surface area contributed by atoms with Crippen LogP contribution in [-0.2, 0) is 0 Å². The van der Waals surface area contributed by atoms with E-state index in [-0.39, 0.29) is 33.3 Å². The number of halogens is 5. The molecule has 182 valence electrons. The molecule has 6 nitrogen and oxygen atoms in total. The summed E-state index contributed by atoms with van der Waals surface area (Å²) in [6.45, 7) is 1.66. The number of aromatic nitrogens is 3. The van der Waals surface area contributed by atoms with Crippen molar-refractivity contribution in [1.82, 2.24) is 15.4 Å². The van der Waals surface area contributed by atoms with Crippen LogP contribution in [-0.4, -0.2) is 40.5 Å². The fourth-order valence-electron chi connectivity index (χ4n) is 3.69. The highest BCUT2D eigenvalue weighted by Crippen LogP contribution is 2.42. The highest BCUT2D eigenvalue weighted by molar-refractivity contribution is 7.12. The van der Waals surface area contributed by atoms with E-state index in [2.05, 4.69) is 25.3 Å². The zero-order chi connectivity index (χ0) is 25.2. The zero-order valence-electron chi connectivity index (χ0n) is 18.5. The average molecular weight is 524 g/mol. The number of alkyl halides is 3. The molecule has 35 heavy (non-hydrogen) atoms. The van der Waals surface area contributed by atoms with Crippen LogP contribution in [0.3, 0.4) is 0 Å². The smallest absolute Gasteiger partial charge is 0.359 e. The molecule has 0 saturated heterocycles. The summed E-state index contributed by atoms with van der Waals surface area (Å²) in [5, 5.41) is 12.4. The second kappa shape index (κ2) is 10.2. The summed E-state index contributed by atoms with van der Waals surface area (Å²) in [7, 11) is 1.33. The second-order valence-electron chi connectivity index (χ2n) is 7.58. The average Bonchev–Trinajstić information content (AvgIpc) is 3.45. The van der Waals surface area contributed by atoms with Crippen LogP contribution in [0.15, 0.2) is 61.1 Å². The van der Waals surface area contributed by atoms with E-state index in [0.717, 1.165) is 17.6 Å². The van der Waals surface area contributed by atoms with Gasteiger partial charge in [-0.3, -0.25) is 4.99 Å². The van der Waals surface area contributed by atoms with Crippen LogP contribution in [0.5, 0.6) is 0 Å². The molecule has 3 aromatic rings. The van der Waals surface area contributed by atoms with Gasteiger partial charge >= 0.3 is 6.18 Å². The third kappa shape index (κ3) is 5.25. The van der Waals surface area contributed by atoms with Gasteiger partial charge in [0.05, 0.1) is 11.3 Å². The molecule has 2 aromatic heterocycles. The van der Waals surface area contributed by atoms with Gasteiger partial charge in [-0.25, -0.2) is 9.38 Å². The molecule has 0 N–H and O–H groups in total. The second-order valence-corrected chi connectivity index (χ2v) is 8.90. The summed E-state index contributed by atoms with van der Waals surface area (Å²) in [4.78, 5) is 7.73. The van der Waals surface area contributed by atoms with E-state index in [1.54, 1.807) is 19.1 Å². The van der Waals surface area contributed by atoms with Gasteiger partial charge in [0.2, 0.25) is 0 Å². The van der Waals surface area contributed by atoms with E-state index in [4.69, 9.17) is 16.1 Å². The van der Waals surface area contributed by atoms with E-state index >= 15 is 0 Å². The van der Waals surface area contributed by atoms with Crippen molar-refractivity contribution in [3.8, 4) is 21.8 Å². The van der Waals surface area contributed by atoms with Crippen molar-refractivity contribution >= 4 is 34.9 Å². The minimum Gasteiger partial charge on any atom is -0.359 e. The summed E-state index contributed by atoms with van der Waals surface area (Å²) in [6, 6.07) is 4.42. The molecule has 0 spiro atoms. The highest BCUT2D eigenvalue weighted by Gasteiger charge is 2.44. The molecule has 4 rings (SSSR count). The number of hydrogen-bond donors (Lipinski definition) is 0. The Morgan fingerprint density at radius 2 is 2.09 bits per heavy atom. The molecule has 1 aliphatic rings. The zero-order valence-corrected chi connectivity index (χ0v) is 20.0. The van der Waals surface area contributed by atoms with Crippen LogP contribution in [0.2, 0.25) is 0 Å². The van der Waals surface area contributed by atoms with Crippen LogP contribution < -0.4 is 0 Å². The topological polar surface area (TPSA) is 76.5 Å². The van der Waals surface area contributed by atoms with Crippen molar-refractivity contribution in [2.45, 2.75) is 31.9 Å². The molecule has 0 radical (unpaired) electrons. The van der Waals surface area contributed by atoms with Crippen molar-refractivity contribution in [1.29, 1.82) is 0 Å². The minimum atomic E-state index is -4.86. The molecular weight excluding hydrogens is 506 g/mol. The lowest BCUT2D eigenvalue weighted by Crippen LogP contribution is -2.31. The van der Waals surface area contributed by atoms with Crippen molar-refractivity contribution in [3.63, 3.8) is 0 Å². The molecule has 1 aromatic carbocycles. The quantitative estimate of drug-likeness (QED) is 0.260. The number of allylic oxidation sites excluding steroid dienone is 3. The summed E-state index contributed by atoms with van der Waals surface area (Å²) in [5.41, 5.74) is 1.02. The third-order valence-electron chi connectivity index (χ3n) is 5.21. The molecule has 1 unspecified atom stereocenters. The van der Waals surface area contributed by atoms with Gasteiger partial charge in [0.1, 0.15) is 28.7 Å². The molecule has 0 aliphatic heterocycles. The Labute approximate surface area is 206 Å². The lowest BCUT2D eigenvalue weighted by atomic mass is 9.93. The monoisotopic (exact) mass is 523 g/mol.